The highest BCUT2D eigenvalue weighted by Gasteiger charge is 2.25. The van der Waals surface area contributed by atoms with Gasteiger partial charge in [-0.2, -0.15) is 0 Å². The summed E-state index contributed by atoms with van der Waals surface area (Å²) >= 11 is 0. The van der Waals surface area contributed by atoms with Crippen LogP contribution in [0.2, 0.25) is 0 Å². The highest BCUT2D eigenvalue weighted by atomic mass is 31.1. The number of nitrogens with one attached hydrogen (secondary N) is 1. The summed E-state index contributed by atoms with van der Waals surface area (Å²) in [7, 11) is 3.27. The molecule has 0 aromatic heterocycles. The Bertz CT molecular complexity index is 230. The van der Waals surface area contributed by atoms with E-state index in [9.17, 15) is 0 Å². The van der Waals surface area contributed by atoms with E-state index in [-0.39, 0.29) is 0 Å². The molecule has 1 nitrogen and oxygen atoms in total. The van der Waals surface area contributed by atoms with E-state index < -0.39 is 0 Å². The third kappa shape index (κ3) is 9.19. The van der Waals surface area contributed by atoms with Crippen LogP contribution in [0, 0.1) is 17.8 Å². The largest absolute Gasteiger partial charge is 0.316 e. The van der Waals surface area contributed by atoms with Gasteiger partial charge in [0.1, 0.15) is 0 Å². The molecule has 1 N–H and O–H groups in total. The van der Waals surface area contributed by atoms with Crippen molar-refractivity contribution in [2.75, 3.05) is 13.2 Å². The van der Waals surface area contributed by atoms with Crippen molar-refractivity contribution in [2.24, 2.45) is 17.8 Å². The van der Waals surface area contributed by atoms with Crippen LogP contribution in [-0.4, -0.2) is 24.9 Å². The Labute approximate surface area is 137 Å². The maximum absolute atomic E-state index is 3.63. The van der Waals surface area contributed by atoms with Gasteiger partial charge in [-0.3, -0.25) is 0 Å². The second-order valence-electron chi connectivity index (χ2n) is 7.17. The van der Waals surface area contributed by atoms with Gasteiger partial charge >= 0.3 is 0 Å². The summed E-state index contributed by atoms with van der Waals surface area (Å²) in [4.78, 5) is 0. The summed E-state index contributed by atoms with van der Waals surface area (Å²) in [5, 5.41) is 3.63. The van der Waals surface area contributed by atoms with Gasteiger partial charge in [0.05, 0.1) is 0 Å². The van der Waals surface area contributed by atoms with Crippen LogP contribution < -0.4 is 5.32 Å². The Hall–Kier alpha value is 0.390. The molecule has 2 heteroatoms. The monoisotopic (exact) mass is 315 g/mol. The van der Waals surface area contributed by atoms with Crippen LogP contribution in [0.15, 0.2) is 0 Å². The molecule has 0 aliphatic rings. The second-order valence-corrected chi connectivity index (χ2v) is 9.19. The topological polar surface area (TPSA) is 12.0 Å². The normalized spacial score (nSPS) is 18.3. The van der Waals surface area contributed by atoms with Gasteiger partial charge in [-0.15, -0.1) is 8.58 Å². The first kappa shape index (κ1) is 21.4. The Kier molecular flexibility index (Phi) is 13.1. The number of hydrogen-bond donors (Lipinski definition) is 1. The van der Waals surface area contributed by atoms with Gasteiger partial charge in [-0.1, -0.05) is 67.2 Å². The van der Waals surface area contributed by atoms with Crippen LogP contribution in [0.1, 0.15) is 80.1 Å². The van der Waals surface area contributed by atoms with E-state index in [1.165, 1.54) is 44.7 Å². The SMILES string of the molecule is CCCC(CC)C(CCC(C)C)CC(NC)C(C)PCC. The molecule has 0 radical (unpaired) electrons. The Morgan fingerprint density at radius 2 is 1.57 bits per heavy atom. The fourth-order valence-corrected chi connectivity index (χ4v) is 4.83. The average molecular weight is 316 g/mol. The van der Waals surface area contributed by atoms with Gasteiger partial charge in [-0.05, 0) is 49.5 Å². The highest BCUT2D eigenvalue weighted by molar-refractivity contribution is 7.38. The zero-order valence-corrected chi connectivity index (χ0v) is 16.8. The van der Waals surface area contributed by atoms with E-state index in [1.54, 1.807) is 0 Å². The average Bonchev–Trinajstić information content (AvgIpc) is 2.45. The smallest absolute Gasteiger partial charge is 0.0129 e. The summed E-state index contributed by atoms with van der Waals surface area (Å²) in [5.41, 5.74) is 0.834. The molecule has 0 bridgehead atoms. The van der Waals surface area contributed by atoms with Crippen molar-refractivity contribution in [3.8, 4) is 0 Å². The van der Waals surface area contributed by atoms with Crippen molar-refractivity contribution >= 4 is 8.58 Å². The third-order valence-electron chi connectivity index (χ3n) is 5.02. The van der Waals surface area contributed by atoms with Crippen molar-refractivity contribution in [3.05, 3.63) is 0 Å². The van der Waals surface area contributed by atoms with Crippen molar-refractivity contribution in [3.63, 3.8) is 0 Å². The fourth-order valence-electron chi connectivity index (χ4n) is 3.60. The predicted octanol–water partition coefficient (Wildman–Crippen LogP) is 5.93. The molecule has 0 aliphatic heterocycles. The van der Waals surface area contributed by atoms with Crippen molar-refractivity contribution < 1.29 is 0 Å². The fraction of sp³-hybridized carbons (Fsp3) is 1.00. The molecule has 0 rings (SSSR count). The van der Waals surface area contributed by atoms with Crippen LogP contribution in [0.25, 0.3) is 0 Å². The van der Waals surface area contributed by atoms with Gasteiger partial charge in [0.2, 0.25) is 0 Å². The molecule has 0 aromatic rings. The number of hydrogen-bond acceptors (Lipinski definition) is 1. The van der Waals surface area contributed by atoms with Crippen LogP contribution in [0.5, 0.6) is 0 Å². The molecule has 21 heavy (non-hydrogen) atoms. The van der Waals surface area contributed by atoms with Gasteiger partial charge in [0.25, 0.3) is 0 Å². The van der Waals surface area contributed by atoms with E-state index in [1.807, 2.05) is 0 Å². The maximum atomic E-state index is 3.63. The summed E-state index contributed by atoms with van der Waals surface area (Å²) in [6.45, 7) is 14.3. The lowest BCUT2D eigenvalue weighted by Crippen LogP contribution is -2.37. The van der Waals surface area contributed by atoms with Gasteiger partial charge in [0, 0.05) is 6.04 Å². The summed E-state index contributed by atoms with van der Waals surface area (Å²) < 4.78 is 0. The lowest BCUT2D eigenvalue weighted by atomic mass is 9.78. The van der Waals surface area contributed by atoms with Crippen molar-refractivity contribution in [1.82, 2.24) is 5.32 Å². The quantitative estimate of drug-likeness (QED) is 0.415. The lowest BCUT2D eigenvalue weighted by Gasteiger charge is -2.33. The Morgan fingerprint density at radius 3 is 2.00 bits per heavy atom. The predicted molar refractivity (Wildman–Crippen MR) is 102 cm³/mol. The molecular formula is C19H42NP. The number of rotatable bonds is 13. The molecule has 0 heterocycles. The minimum Gasteiger partial charge on any atom is -0.316 e. The molecule has 0 aliphatic carbocycles. The molecule has 0 aromatic carbocycles. The van der Waals surface area contributed by atoms with Gasteiger partial charge in [-0.25, -0.2) is 0 Å². The Balaban J connectivity index is 4.74. The molecular weight excluding hydrogens is 273 g/mol. The second kappa shape index (κ2) is 12.9. The maximum Gasteiger partial charge on any atom is 0.0129 e. The van der Waals surface area contributed by atoms with E-state index >= 15 is 0 Å². The molecule has 5 atom stereocenters. The molecule has 0 fully saturated rings. The first-order chi connectivity index (χ1) is 9.99. The third-order valence-corrected chi connectivity index (χ3v) is 6.48. The molecule has 128 valence electrons. The Morgan fingerprint density at radius 1 is 0.905 bits per heavy atom. The molecule has 0 amide bonds. The van der Waals surface area contributed by atoms with Gasteiger partial charge in [0.15, 0.2) is 0 Å². The summed E-state index contributed by atoms with van der Waals surface area (Å²) in [6.07, 6.45) is 9.66. The summed E-state index contributed by atoms with van der Waals surface area (Å²) in [5.74, 6) is 2.69. The minimum absolute atomic E-state index is 0.714. The van der Waals surface area contributed by atoms with Crippen LogP contribution in [0.3, 0.4) is 0 Å². The van der Waals surface area contributed by atoms with E-state index in [4.69, 9.17) is 0 Å². The van der Waals surface area contributed by atoms with Gasteiger partial charge < -0.3 is 5.32 Å². The zero-order valence-electron chi connectivity index (χ0n) is 15.8. The van der Waals surface area contributed by atoms with Crippen molar-refractivity contribution in [1.29, 1.82) is 0 Å². The van der Waals surface area contributed by atoms with Crippen LogP contribution in [-0.2, 0) is 0 Å². The van der Waals surface area contributed by atoms with E-state index in [0.717, 1.165) is 32.0 Å². The van der Waals surface area contributed by atoms with Crippen LogP contribution in [0.4, 0.5) is 0 Å². The first-order valence-corrected chi connectivity index (χ1v) is 10.7. The van der Waals surface area contributed by atoms with Crippen molar-refractivity contribution in [2.45, 2.75) is 91.8 Å². The standard InChI is InChI=1S/C19H42NP/c1-8-11-17(9-2)18(13-12-15(4)5)14-19(20-7)16(6)21-10-3/h15-21H,8-14H2,1-7H3. The minimum atomic E-state index is 0.714. The molecule has 0 spiro atoms. The molecule has 0 saturated carbocycles. The first-order valence-electron chi connectivity index (χ1n) is 9.40. The lowest BCUT2D eigenvalue weighted by molar-refractivity contribution is 0.231. The highest BCUT2D eigenvalue weighted by Crippen LogP contribution is 2.33. The zero-order chi connectivity index (χ0) is 16.3. The van der Waals surface area contributed by atoms with E-state index in [2.05, 4.69) is 53.9 Å². The van der Waals surface area contributed by atoms with Crippen LogP contribution >= 0.6 is 8.58 Å². The molecule has 5 unspecified atom stereocenters. The van der Waals surface area contributed by atoms with E-state index in [0.29, 0.717) is 6.04 Å². The summed E-state index contributed by atoms with van der Waals surface area (Å²) in [6, 6.07) is 0.714. The molecule has 0 saturated heterocycles.